The molecule has 1 atom stereocenters. The number of hydrogen-bond acceptors (Lipinski definition) is 4. The van der Waals surface area contributed by atoms with Crippen LogP contribution >= 0.6 is 11.8 Å². The molecule has 0 amide bonds. The van der Waals surface area contributed by atoms with Crippen LogP contribution in [0.3, 0.4) is 0 Å². The van der Waals surface area contributed by atoms with Gasteiger partial charge in [-0.25, -0.2) is 9.97 Å². The fourth-order valence-corrected chi connectivity index (χ4v) is 2.01. The average molecular weight is 234 g/mol. The molecule has 0 saturated heterocycles. The second-order valence-electron chi connectivity index (χ2n) is 3.64. The average Bonchev–Trinajstić information content (AvgIpc) is 2.65. The third-order valence-electron chi connectivity index (χ3n) is 2.26. The van der Waals surface area contributed by atoms with Gasteiger partial charge in [0, 0.05) is 31.7 Å². The van der Waals surface area contributed by atoms with Gasteiger partial charge in [0.2, 0.25) is 0 Å². The lowest BCUT2D eigenvalue weighted by Gasteiger charge is -2.05. The second-order valence-corrected chi connectivity index (χ2v) is 4.63. The number of aromatic nitrogens is 3. The van der Waals surface area contributed by atoms with Gasteiger partial charge >= 0.3 is 0 Å². The molecule has 0 saturated carbocycles. The molecule has 2 heterocycles. The van der Waals surface area contributed by atoms with E-state index in [9.17, 15) is 0 Å². The number of hydrogen-bond donors (Lipinski definition) is 1. The summed E-state index contributed by atoms with van der Waals surface area (Å²) >= 11 is 1.54. The van der Waals surface area contributed by atoms with E-state index in [-0.39, 0.29) is 6.04 Å². The van der Waals surface area contributed by atoms with Gasteiger partial charge in [-0.05, 0) is 30.3 Å². The van der Waals surface area contributed by atoms with Gasteiger partial charge in [-0.3, -0.25) is 0 Å². The van der Waals surface area contributed by atoms with Crippen LogP contribution in [0, 0.1) is 0 Å². The van der Waals surface area contributed by atoms with Crippen LogP contribution in [0.1, 0.15) is 18.5 Å². The number of pyridine rings is 1. The quantitative estimate of drug-likeness (QED) is 0.882. The number of rotatable bonds is 3. The highest BCUT2D eigenvalue weighted by Crippen LogP contribution is 2.24. The highest BCUT2D eigenvalue weighted by atomic mass is 32.2. The molecule has 2 rings (SSSR count). The Balaban J connectivity index is 2.14. The molecule has 0 radical (unpaired) electrons. The van der Waals surface area contributed by atoms with Gasteiger partial charge < -0.3 is 10.3 Å². The molecule has 4 nitrogen and oxygen atoms in total. The zero-order valence-corrected chi connectivity index (χ0v) is 10.1. The summed E-state index contributed by atoms with van der Waals surface area (Å²) in [5, 5.41) is 1.86. The SMILES string of the molecule is CC(N)c1ccc(Sc2nccn2C)nc1. The molecule has 5 heteroatoms. The summed E-state index contributed by atoms with van der Waals surface area (Å²) in [4.78, 5) is 8.58. The first-order chi connectivity index (χ1) is 7.66. The maximum atomic E-state index is 5.76. The van der Waals surface area contributed by atoms with Gasteiger partial charge in [-0.1, -0.05) is 6.07 Å². The van der Waals surface area contributed by atoms with Crippen LogP contribution in [0.15, 0.2) is 40.9 Å². The Morgan fingerprint density at radius 1 is 1.38 bits per heavy atom. The molecular weight excluding hydrogens is 220 g/mol. The monoisotopic (exact) mass is 234 g/mol. The van der Waals surface area contributed by atoms with E-state index >= 15 is 0 Å². The van der Waals surface area contributed by atoms with Crippen LogP contribution in [0.2, 0.25) is 0 Å². The van der Waals surface area contributed by atoms with Crippen LogP contribution in [0.25, 0.3) is 0 Å². The predicted octanol–water partition coefficient (Wildman–Crippen LogP) is 1.99. The van der Waals surface area contributed by atoms with E-state index in [1.54, 1.807) is 18.0 Å². The van der Waals surface area contributed by atoms with E-state index in [1.807, 2.05) is 43.1 Å². The fourth-order valence-electron chi connectivity index (χ4n) is 1.27. The van der Waals surface area contributed by atoms with Crippen LogP contribution in [0.4, 0.5) is 0 Å². The molecule has 0 fully saturated rings. The highest BCUT2D eigenvalue weighted by Gasteiger charge is 2.04. The van der Waals surface area contributed by atoms with Gasteiger partial charge in [0.1, 0.15) is 5.03 Å². The zero-order valence-electron chi connectivity index (χ0n) is 9.29. The third kappa shape index (κ3) is 2.43. The summed E-state index contributed by atoms with van der Waals surface area (Å²) in [6, 6.07) is 4.00. The minimum Gasteiger partial charge on any atom is -0.329 e. The number of imidazole rings is 1. The number of nitrogens with zero attached hydrogens (tertiary/aromatic N) is 3. The molecule has 0 aliphatic carbocycles. The molecule has 2 aromatic heterocycles. The van der Waals surface area contributed by atoms with Crippen LogP contribution in [-0.2, 0) is 7.05 Å². The van der Waals surface area contributed by atoms with Crippen molar-refractivity contribution in [2.75, 3.05) is 0 Å². The molecule has 2 aromatic rings. The summed E-state index contributed by atoms with van der Waals surface area (Å²) in [6.07, 6.45) is 5.51. The highest BCUT2D eigenvalue weighted by molar-refractivity contribution is 7.99. The van der Waals surface area contributed by atoms with E-state index in [4.69, 9.17) is 5.73 Å². The molecule has 0 aliphatic rings. The predicted molar refractivity (Wildman–Crippen MR) is 64.2 cm³/mol. The van der Waals surface area contributed by atoms with Crippen molar-refractivity contribution in [2.45, 2.75) is 23.1 Å². The minimum absolute atomic E-state index is 0.0275. The first-order valence-corrected chi connectivity index (χ1v) is 5.85. The van der Waals surface area contributed by atoms with Crippen molar-refractivity contribution < 1.29 is 0 Å². The molecule has 0 aliphatic heterocycles. The summed E-state index contributed by atoms with van der Waals surface area (Å²) in [7, 11) is 1.96. The van der Waals surface area contributed by atoms with Gasteiger partial charge in [-0.15, -0.1) is 0 Å². The van der Waals surface area contributed by atoms with Gasteiger partial charge in [0.05, 0.1) is 0 Å². The Bertz CT molecular complexity index is 461. The molecule has 1 unspecified atom stereocenters. The Hall–Kier alpha value is -1.33. The van der Waals surface area contributed by atoms with E-state index in [2.05, 4.69) is 9.97 Å². The van der Waals surface area contributed by atoms with Gasteiger partial charge in [0.15, 0.2) is 5.16 Å². The molecule has 16 heavy (non-hydrogen) atoms. The first kappa shape index (κ1) is 11.2. The zero-order chi connectivity index (χ0) is 11.5. The Morgan fingerprint density at radius 2 is 2.19 bits per heavy atom. The third-order valence-corrected chi connectivity index (χ3v) is 3.28. The van der Waals surface area contributed by atoms with Crippen molar-refractivity contribution in [3.63, 3.8) is 0 Å². The van der Waals surface area contributed by atoms with Crippen molar-refractivity contribution in [3.8, 4) is 0 Å². The molecule has 2 N–H and O–H groups in total. The summed E-state index contributed by atoms with van der Waals surface area (Å²) in [6.45, 7) is 1.95. The maximum absolute atomic E-state index is 5.76. The van der Waals surface area contributed by atoms with Crippen molar-refractivity contribution >= 4 is 11.8 Å². The van der Waals surface area contributed by atoms with E-state index in [0.29, 0.717) is 0 Å². The number of nitrogens with two attached hydrogens (primary N) is 1. The van der Waals surface area contributed by atoms with Crippen LogP contribution in [-0.4, -0.2) is 14.5 Å². The van der Waals surface area contributed by atoms with E-state index < -0.39 is 0 Å². The normalized spacial score (nSPS) is 12.7. The van der Waals surface area contributed by atoms with E-state index in [0.717, 1.165) is 15.7 Å². The first-order valence-electron chi connectivity index (χ1n) is 5.03. The summed E-state index contributed by atoms with van der Waals surface area (Å²) in [5.74, 6) is 0. The lowest BCUT2D eigenvalue weighted by Crippen LogP contribution is -2.05. The molecule has 0 aromatic carbocycles. The van der Waals surface area contributed by atoms with Crippen molar-refractivity contribution in [3.05, 3.63) is 36.3 Å². The standard InChI is InChI=1S/C11H14N4S/c1-8(12)9-3-4-10(14-7-9)16-11-13-5-6-15(11)2/h3-8H,12H2,1-2H3. The Kier molecular flexibility index (Phi) is 3.26. The van der Waals surface area contributed by atoms with Crippen molar-refractivity contribution in [1.29, 1.82) is 0 Å². The molecular formula is C11H14N4S. The topological polar surface area (TPSA) is 56.7 Å². The van der Waals surface area contributed by atoms with Crippen molar-refractivity contribution in [1.82, 2.24) is 14.5 Å². The van der Waals surface area contributed by atoms with E-state index in [1.165, 1.54) is 0 Å². The van der Waals surface area contributed by atoms with Crippen LogP contribution in [0.5, 0.6) is 0 Å². The Labute approximate surface area is 98.9 Å². The maximum Gasteiger partial charge on any atom is 0.174 e. The van der Waals surface area contributed by atoms with Gasteiger partial charge in [0.25, 0.3) is 0 Å². The lowest BCUT2D eigenvalue weighted by molar-refractivity contribution is 0.786. The minimum atomic E-state index is 0.0275. The van der Waals surface area contributed by atoms with Gasteiger partial charge in [-0.2, -0.15) is 0 Å². The summed E-state index contributed by atoms with van der Waals surface area (Å²) < 4.78 is 1.96. The smallest absolute Gasteiger partial charge is 0.174 e. The fraction of sp³-hybridized carbons (Fsp3) is 0.273. The summed E-state index contributed by atoms with van der Waals surface area (Å²) in [5.41, 5.74) is 6.81. The number of aryl methyl sites for hydroxylation is 1. The largest absolute Gasteiger partial charge is 0.329 e. The lowest BCUT2D eigenvalue weighted by atomic mass is 10.2. The van der Waals surface area contributed by atoms with Crippen molar-refractivity contribution in [2.24, 2.45) is 12.8 Å². The Morgan fingerprint density at radius 3 is 2.69 bits per heavy atom. The molecule has 0 spiro atoms. The second kappa shape index (κ2) is 4.67. The molecule has 84 valence electrons. The van der Waals surface area contributed by atoms with Crippen LogP contribution < -0.4 is 5.73 Å². The molecule has 0 bridgehead atoms.